The first-order chi connectivity index (χ1) is 11.7. The molecule has 0 radical (unpaired) electrons. The largest absolute Gasteiger partial charge is 0.454 e. The normalized spacial score (nSPS) is 14.1. The maximum absolute atomic E-state index is 5.50. The van der Waals surface area contributed by atoms with Crippen LogP contribution in [0.3, 0.4) is 0 Å². The Morgan fingerprint density at radius 2 is 2.00 bits per heavy atom. The van der Waals surface area contributed by atoms with Gasteiger partial charge in [-0.25, -0.2) is 0 Å². The maximum Gasteiger partial charge on any atom is 0.231 e. The molecule has 1 aromatic heterocycles. The summed E-state index contributed by atoms with van der Waals surface area (Å²) in [5, 5.41) is 0.665. The third kappa shape index (κ3) is 4.65. The molecule has 1 aliphatic heterocycles. The summed E-state index contributed by atoms with van der Waals surface area (Å²) in [6, 6.07) is 10.4. The van der Waals surface area contributed by atoms with Crippen molar-refractivity contribution in [1.82, 2.24) is 9.88 Å². The summed E-state index contributed by atoms with van der Waals surface area (Å²) in [7, 11) is 0. The van der Waals surface area contributed by atoms with Crippen LogP contribution in [0.2, 0.25) is 0 Å². The van der Waals surface area contributed by atoms with Crippen LogP contribution in [0.25, 0.3) is 0 Å². The van der Waals surface area contributed by atoms with Gasteiger partial charge < -0.3 is 9.47 Å². The van der Waals surface area contributed by atoms with E-state index in [1.807, 2.05) is 36.3 Å². The van der Waals surface area contributed by atoms with E-state index in [4.69, 9.17) is 9.47 Å². The van der Waals surface area contributed by atoms with Crippen LogP contribution < -0.4 is 9.47 Å². The smallest absolute Gasteiger partial charge is 0.231 e. The molecule has 0 bridgehead atoms. The molecule has 1 unspecified atom stereocenters. The zero-order valence-electron chi connectivity index (χ0n) is 14.3. The molecule has 3 rings (SSSR count). The van der Waals surface area contributed by atoms with Gasteiger partial charge in [0, 0.05) is 30.7 Å². The minimum Gasteiger partial charge on any atom is -0.454 e. The Hall–Kier alpha value is -1.72. The Kier molecular flexibility index (Phi) is 5.99. The monoisotopic (exact) mass is 344 g/mol. The van der Waals surface area contributed by atoms with Crippen molar-refractivity contribution in [3.05, 3.63) is 53.9 Å². The summed E-state index contributed by atoms with van der Waals surface area (Å²) < 4.78 is 10.9. The van der Waals surface area contributed by atoms with Crippen molar-refractivity contribution in [2.75, 3.05) is 19.6 Å². The minimum absolute atomic E-state index is 0.323. The van der Waals surface area contributed by atoms with E-state index in [0.29, 0.717) is 12.0 Å². The van der Waals surface area contributed by atoms with E-state index in [1.165, 1.54) is 17.5 Å². The Bertz CT molecular complexity index is 651. The number of aromatic nitrogens is 1. The van der Waals surface area contributed by atoms with E-state index in [2.05, 4.69) is 41.3 Å². The van der Waals surface area contributed by atoms with Crippen molar-refractivity contribution in [2.24, 2.45) is 0 Å². The highest BCUT2D eigenvalue weighted by molar-refractivity contribution is 7.99. The lowest BCUT2D eigenvalue weighted by atomic mass is 10.1. The van der Waals surface area contributed by atoms with E-state index >= 15 is 0 Å². The lowest BCUT2D eigenvalue weighted by Gasteiger charge is -2.24. The molecule has 5 heteroatoms. The average Bonchev–Trinajstić information content (AvgIpc) is 3.08. The molecule has 0 saturated heterocycles. The van der Waals surface area contributed by atoms with Crippen LogP contribution >= 0.6 is 11.8 Å². The number of benzene rings is 1. The van der Waals surface area contributed by atoms with Crippen LogP contribution in [0.5, 0.6) is 11.5 Å². The molecule has 24 heavy (non-hydrogen) atoms. The highest BCUT2D eigenvalue weighted by atomic mass is 32.2. The number of hydrogen-bond acceptors (Lipinski definition) is 5. The molecular weight excluding hydrogens is 320 g/mol. The van der Waals surface area contributed by atoms with E-state index in [-0.39, 0.29) is 0 Å². The van der Waals surface area contributed by atoms with Crippen molar-refractivity contribution >= 4 is 11.8 Å². The van der Waals surface area contributed by atoms with Crippen LogP contribution in [-0.2, 0) is 13.1 Å². The lowest BCUT2D eigenvalue weighted by Crippen LogP contribution is -2.25. The summed E-state index contributed by atoms with van der Waals surface area (Å²) in [5.74, 6) is 1.69. The third-order valence-electron chi connectivity index (χ3n) is 4.23. The summed E-state index contributed by atoms with van der Waals surface area (Å²) in [5.41, 5.74) is 2.50. The zero-order chi connectivity index (χ0) is 16.8. The van der Waals surface area contributed by atoms with Crippen LogP contribution in [0.15, 0.2) is 42.7 Å². The first-order valence-corrected chi connectivity index (χ1v) is 9.56. The molecule has 0 amide bonds. The minimum atomic E-state index is 0.323. The molecule has 2 aromatic rings. The van der Waals surface area contributed by atoms with E-state index < -0.39 is 0 Å². The fourth-order valence-electron chi connectivity index (χ4n) is 2.74. The molecular formula is C19H24N2O2S. The zero-order valence-corrected chi connectivity index (χ0v) is 15.1. The van der Waals surface area contributed by atoms with Gasteiger partial charge in [0.2, 0.25) is 6.79 Å². The SMILES string of the molecule is CSC(C)CCN(Cc1cccnc1)Cc1ccc2c(c1)OCO2. The summed E-state index contributed by atoms with van der Waals surface area (Å²) in [4.78, 5) is 6.71. The van der Waals surface area contributed by atoms with Crippen LogP contribution in [0.1, 0.15) is 24.5 Å². The first kappa shape index (κ1) is 17.1. The Morgan fingerprint density at radius 3 is 2.79 bits per heavy atom. The summed E-state index contributed by atoms with van der Waals surface area (Å²) in [6.45, 7) is 5.47. The van der Waals surface area contributed by atoms with Crippen molar-refractivity contribution in [3.8, 4) is 11.5 Å². The van der Waals surface area contributed by atoms with Crippen molar-refractivity contribution in [1.29, 1.82) is 0 Å². The molecule has 2 heterocycles. The second-order valence-corrected chi connectivity index (χ2v) is 7.37. The topological polar surface area (TPSA) is 34.6 Å². The quantitative estimate of drug-likeness (QED) is 0.724. The van der Waals surface area contributed by atoms with Gasteiger partial charge in [-0.1, -0.05) is 19.1 Å². The Labute approximate surface area is 148 Å². The highest BCUT2D eigenvalue weighted by Gasteiger charge is 2.15. The van der Waals surface area contributed by atoms with Crippen molar-refractivity contribution in [2.45, 2.75) is 31.7 Å². The molecule has 128 valence electrons. The van der Waals surface area contributed by atoms with Crippen molar-refractivity contribution < 1.29 is 9.47 Å². The molecule has 0 aliphatic carbocycles. The van der Waals surface area contributed by atoms with Gasteiger partial charge in [0.25, 0.3) is 0 Å². The van der Waals surface area contributed by atoms with Gasteiger partial charge in [-0.05, 0) is 48.5 Å². The number of thioether (sulfide) groups is 1. The number of nitrogens with zero attached hydrogens (tertiary/aromatic N) is 2. The molecule has 0 spiro atoms. The van der Waals surface area contributed by atoms with E-state index in [0.717, 1.165) is 31.1 Å². The summed E-state index contributed by atoms with van der Waals surface area (Å²) >= 11 is 1.92. The summed E-state index contributed by atoms with van der Waals surface area (Å²) in [6.07, 6.45) is 7.12. The second-order valence-electron chi connectivity index (χ2n) is 6.09. The standard InChI is InChI=1S/C19H24N2O2S/c1-15(24-2)7-9-21(13-17-4-3-8-20-11-17)12-16-5-6-18-19(10-16)23-14-22-18/h3-6,8,10-11,15H,7,9,12-14H2,1-2H3. The Balaban J connectivity index is 1.68. The van der Waals surface area contributed by atoms with Gasteiger partial charge in [0.15, 0.2) is 11.5 Å². The number of rotatable bonds is 8. The van der Waals surface area contributed by atoms with E-state index in [1.54, 1.807) is 0 Å². The van der Waals surface area contributed by atoms with Gasteiger partial charge in [-0.3, -0.25) is 9.88 Å². The molecule has 0 fully saturated rings. The fourth-order valence-corrected chi connectivity index (χ4v) is 3.08. The highest BCUT2D eigenvalue weighted by Crippen LogP contribution is 2.33. The van der Waals surface area contributed by atoms with Crippen LogP contribution in [-0.4, -0.2) is 34.7 Å². The Morgan fingerprint density at radius 1 is 1.17 bits per heavy atom. The molecule has 1 atom stereocenters. The van der Waals surface area contributed by atoms with Gasteiger partial charge in [-0.15, -0.1) is 0 Å². The van der Waals surface area contributed by atoms with Gasteiger partial charge >= 0.3 is 0 Å². The molecule has 0 saturated carbocycles. The van der Waals surface area contributed by atoms with Crippen LogP contribution in [0, 0.1) is 0 Å². The van der Waals surface area contributed by atoms with Gasteiger partial charge in [-0.2, -0.15) is 11.8 Å². The lowest BCUT2D eigenvalue weighted by molar-refractivity contribution is 0.174. The number of ether oxygens (including phenoxy) is 2. The van der Waals surface area contributed by atoms with Gasteiger partial charge in [0.1, 0.15) is 0 Å². The third-order valence-corrected chi connectivity index (χ3v) is 5.27. The van der Waals surface area contributed by atoms with E-state index in [9.17, 15) is 0 Å². The molecule has 1 aromatic carbocycles. The number of hydrogen-bond donors (Lipinski definition) is 0. The molecule has 0 N–H and O–H groups in total. The maximum atomic E-state index is 5.50. The van der Waals surface area contributed by atoms with Crippen molar-refractivity contribution in [3.63, 3.8) is 0 Å². The number of fused-ring (bicyclic) bond motifs is 1. The fraction of sp³-hybridized carbons (Fsp3) is 0.421. The average molecular weight is 344 g/mol. The van der Waals surface area contributed by atoms with Gasteiger partial charge in [0.05, 0.1) is 0 Å². The predicted octanol–water partition coefficient (Wildman–Crippen LogP) is 3.95. The first-order valence-electron chi connectivity index (χ1n) is 8.27. The molecule has 4 nitrogen and oxygen atoms in total. The predicted molar refractivity (Wildman–Crippen MR) is 98.5 cm³/mol. The second kappa shape index (κ2) is 8.40. The number of pyridine rings is 1. The molecule has 1 aliphatic rings. The van der Waals surface area contributed by atoms with Crippen LogP contribution in [0.4, 0.5) is 0 Å².